The van der Waals surface area contributed by atoms with Crippen LogP contribution in [-0.2, 0) is 6.42 Å². The van der Waals surface area contributed by atoms with Crippen molar-refractivity contribution in [2.24, 2.45) is 5.41 Å². The summed E-state index contributed by atoms with van der Waals surface area (Å²) in [5, 5.41) is 3.44. The van der Waals surface area contributed by atoms with E-state index in [0.717, 1.165) is 12.8 Å². The van der Waals surface area contributed by atoms with Gasteiger partial charge in [0.15, 0.2) is 0 Å². The summed E-state index contributed by atoms with van der Waals surface area (Å²) in [6, 6.07) is 20.1. The average molecular weight is 281 g/mol. The molecule has 112 valence electrons. The first kappa shape index (κ1) is 15.8. The highest BCUT2D eigenvalue weighted by molar-refractivity contribution is 5.30. The molecule has 0 aromatic heterocycles. The standard InChI is InChI=1S/C20H27N/c1-20(2,3)15-19(21-4)18-12-10-17(11-13-18)14-16-8-6-5-7-9-16/h5-13,19,21H,14-15H2,1-4H3. The Bertz CT molecular complexity index is 534. The van der Waals surface area contributed by atoms with Crippen LogP contribution in [0.4, 0.5) is 0 Å². The molecule has 0 saturated heterocycles. The minimum Gasteiger partial charge on any atom is -0.313 e. The van der Waals surface area contributed by atoms with Gasteiger partial charge < -0.3 is 5.32 Å². The molecule has 0 aliphatic carbocycles. The van der Waals surface area contributed by atoms with Crippen LogP contribution in [0.1, 0.15) is 49.9 Å². The van der Waals surface area contributed by atoms with Crippen LogP contribution in [0.25, 0.3) is 0 Å². The second-order valence-corrected chi connectivity index (χ2v) is 7.01. The molecule has 1 unspecified atom stereocenters. The van der Waals surface area contributed by atoms with E-state index < -0.39 is 0 Å². The van der Waals surface area contributed by atoms with Gasteiger partial charge >= 0.3 is 0 Å². The number of hydrogen-bond acceptors (Lipinski definition) is 1. The Morgan fingerprint density at radius 1 is 0.857 bits per heavy atom. The topological polar surface area (TPSA) is 12.0 Å². The van der Waals surface area contributed by atoms with E-state index in [9.17, 15) is 0 Å². The minimum atomic E-state index is 0.330. The molecule has 0 heterocycles. The highest BCUT2D eigenvalue weighted by atomic mass is 14.9. The summed E-state index contributed by atoms with van der Waals surface area (Å²) in [6.07, 6.45) is 2.14. The zero-order valence-electron chi connectivity index (χ0n) is 13.7. The van der Waals surface area contributed by atoms with Gasteiger partial charge in [0.2, 0.25) is 0 Å². The summed E-state index contributed by atoms with van der Waals surface area (Å²) in [4.78, 5) is 0. The Hall–Kier alpha value is -1.60. The molecule has 0 saturated carbocycles. The van der Waals surface area contributed by atoms with Crippen molar-refractivity contribution >= 4 is 0 Å². The van der Waals surface area contributed by atoms with Crippen LogP contribution in [0.2, 0.25) is 0 Å². The van der Waals surface area contributed by atoms with Crippen LogP contribution < -0.4 is 5.32 Å². The van der Waals surface area contributed by atoms with Gasteiger partial charge in [-0.15, -0.1) is 0 Å². The summed E-state index contributed by atoms with van der Waals surface area (Å²) in [5.74, 6) is 0. The van der Waals surface area contributed by atoms with Crippen molar-refractivity contribution in [1.82, 2.24) is 5.32 Å². The fourth-order valence-electron chi connectivity index (χ4n) is 2.70. The molecule has 1 atom stereocenters. The van der Waals surface area contributed by atoms with Crippen molar-refractivity contribution in [1.29, 1.82) is 0 Å². The number of benzene rings is 2. The van der Waals surface area contributed by atoms with E-state index in [1.54, 1.807) is 0 Å². The van der Waals surface area contributed by atoms with Crippen LogP contribution in [0.5, 0.6) is 0 Å². The van der Waals surface area contributed by atoms with E-state index >= 15 is 0 Å². The van der Waals surface area contributed by atoms with Crippen molar-refractivity contribution in [2.75, 3.05) is 7.05 Å². The molecule has 2 rings (SSSR count). The SMILES string of the molecule is CNC(CC(C)(C)C)c1ccc(Cc2ccccc2)cc1. The highest BCUT2D eigenvalue weighted by Gasteiger charge is 2.18. The van der Waals surface area contributed by atoms with Gasteiger partial charge in [-0.25, -0.2) is 0 Å². The third-order valence-corrected chi connectivity index (χ3v) is 3.80. The summed E-state index contributed by atoms with van der Waals surface area (Å²) in [7, 11) is 2.05. The average Bonchev–Trinajstić information content (AvgIpc) is 2.46. The number of nitrogens with one attached hydrogen (secondary N) is 1. The van der Waals surface area contributed by atoms with E-state index in [1.807, 2.05) is 7.05 Å². The fourth-order valence-corrected chi connectivity index (χ4v) is 2.70. The fraction of sp³-hybridized carbons (Fsp3) is 0.400. The Morgan fingerprint density at radius 2 is 1.43 bits per heavy atom. The third-order valence-electron chi connectivity index (χ3n) is 3.80. The maximum Gasteiger partial charge on any atom is 0.0322 e. The third kappa shape index (κ3) is 5.02. The number of rotatable bonds is 5. The van der Waals surface area contributed by atoms with Gasteiger partial charge in [0, 0.05) is 6.04 Å². The van der Waals surface area contributed by atoms with Crippen molar-refractivity contribution in [3.8, 4) is 0 Å². The molecule has 0 aliphatic rings. The first-order valence-electron chi connectivity index (χ1n) is 7.78. The predicted octanol–water partition coefficient (Wildman–Crippen LogP) is 4.97. The quantitative estimate of drug-likeness (QED) is 0.815. The van der Waals surface area contributed by atoms with E-state index in [4.69, 9.17) is 0 Å². The van der Waals surface area contributed by atoms with E-state index in [0.29, 0.717) is 11.5 Å². The van der Waals surface area contributed by atoms with Gasteiger partial charge in [0.05, 0.1) is 0 Å². The lowest BCUT2D eigenvalue weighted by atomic mass is 9.85. The Morgan fingerprint density at radius 3 is 1.95 bits per heavy atom. The first-order chi connectivity index (χ1) is 9.98. The number of hydrogen-bond donors (Lipinski definition) is 1. The molecule has 1 nitrogen and oxygen atoms in total. The van der Waals surface area contributed by atoms with E-state index in [1.165, 1.54) is 16.7 Å². The smallest absolute Gasteiger partial charge is 0.0322 e. The lowest BCUT2D eigenvalue weighted by Crippen LogP contribution is -2.22. The maximum atomic E-state index is 3.44. The predicted molar refractivity (Wildman–Crippen MR) is 91.6 cm³/mol. The molecule has 0 spiro atoms. The largest absolute Gasteiger partial charge is 0.313 e. The molecule has 0 fully saturated rings. The van der Waals surface area contributed by atoms with Gasteiger partial charge in [0.1, 0.15) is 0 Å². The zero-order chi connectivity index (χ0) is 15.3. The minimum absolute atomic E-state index is 0.330. The summed E-state index contributed by atoms with van der Waals surface area (Å²) in [6.45, 7) is 6.88. The van der Waals surface area contributed by atoms with Gasteiger partial charge in [0.25, 0.3) is 0 Å². The lowest BCUT2D eigenvalue weighted by Gasteiger charge is -2.26. The molecule has 2 aromatic rings. The maximum absolute atomic E-state index is 3.44. The van der Waals surface area contributed by atoms with E-state index in [-0.39, 0.29) is 0 Å². The molecule has 2 aromatic carbocycles. The van der Waals surface area contributed by atoms with Crippen molar-refractivity contribution < 1.29 is 0 Å². The Balaban J connectivity index is 2.07. The summed E-state index contributed by atoms with van der Waals surface area (Å²) in [5.41, 5.74) is 4.45. The van der Waals surface area contributed by atoms with Crippen LogP contribution in [0.3, 0.4) is 0 Å². The van der Waals surface area contributed by atoms with Gasteiger partial charge in [-0.3, -0.25) is 0 Å². The van der Waals surface area contributed by atoms with Gasteiger partial charge in [-0.1, -0.05) is 75.4 Å². The molecule has 0 bridgehead atoms. The summed E-state index contributed by atoms with van der Waals surface area (Å²) < 4.78 is 0. The molecular formula is C20H27N. The Labute approximate surface area is 129 Å². The molecular weight excluding hydrogens is 254 g/mol. The lowest BCUT2D eigenvalue weighted by molar-refractivity contribution is 0.321. The first-order valence-corrected chi connectivity index (χ1v) is 7.78. The van der Waals surface area contributed by atoms with Crippen LogP contribution in [-0.4, -0.2) is 7.05 Å². The molecule has 0 amide bonds. The Kier molecular flexibility index (Phi) is 5.19. The molecule has 1 heteroatoms. The molecule has 1 N–H and O–H groups in total. The highest BCUT2D eigenvalue weighted by Crippen LogP contribution is 2.29. The summed E-state index contributed by atoms with van der Waals surface area (Å²) >= 11 is 0. The van der Waals surface area contributed by atoms with Gasteiger partial charge in [-0.05, 0) is 42.0 Å². The second kappa shape index (κ2) is 6.91. The molecule has 0 radical (unpaired) electrons. The van der Waals surface area contributed by atoms with Crippen LogP contribution in [0.15, 0.2) is 54.6 Å². The second-order valence-electron chi connectivity index (χ2n) is 7.01. The normalized spacial score (nSPS) is 13.1. The van der Waals surface area contributed by atoms with Crippen LogP contribution in [0, 0.1) is 5.41 Å². The van der Waals surface area contributed by atoms with Crippen LogP contribution >= 0.6 is 0 Å². The van der Waals surface area contributed by atoms with Gasteiger partial charge in [-0.2, -0.15) is 0 Å². The zero-order valence-corrected chi connectivity index (χ0v) is 13.7. The molecule has 0 aliphatic heterocycles. The van der Waals surface area contributed by atoms with E-state index in [2.05, 4.69) is 80.7 Å². The monoisotopic (exact) mass is 281 g/mol. The van der Waals surface area contributed by atoms with Crippen molar-refractivity contribution in [2.45, 2.75) is 39.7 Å². The van der Waals surface area contributed by atoms with Crippen molar-refractivity contribution in [3.05, 3.63) is 71.3 Å². The van der Waals surface area contributed by atoms with Crippen molar-refractivity contribution in [3.63, 3.8) is 0 Å². The molecule has 21 heavy (non-hydrogen) atoms.